The lowest BCUT2D eigenvalue weighted by atomic mass is 10.2. The predicted molar refractivity (Wildman–Crippen MR) is 95.0 cm³/mol. The van der Waals surface area contributed by atoms with E-state index < -0.39 is 0 Å². The van der Waals surface area contributed by atoms with E-state index >= 15 is 0 Å². The van der Waals surface area contributed by atoms with E-state index in [2.05, 4.69) is 21.9 Å². The molecule has 7 heteroatoms. The second-order valence-electron chi connectivity index (χ2n) is 5.96. The van der Waals surface area contributed by atoms with Crippen molar-refractivity contribution >= 4 is 28.7 Å². The van der Waals surface area contributed by atoms with E-state index in [0.717, 1.165) is 0 Å². The van der Waals surface area contributed by atoms with Gasteiger partial charge in [-0.15, -0.1) is 6.58 Å². The van der Waals surface area contributed by atoms with Crippen LogP contribution >= 0.6 is 11.8 Å². The Balaban J connectivity index is 1.79. The molecular weight excluding hydrogens is 324 g/mol. The second-order valence-corrected chi connectivity index (χ2v) is 6.90. The zero-order valence-corrected chi connectivity index (χ0v) is 14.4. The predicted octanol–water partition coefficient (Wildman–Crippen LogP) is 1.98. The molecule has 1 N–H and O–H groups in total. The Labute approximate surface area is 144 Å². The lowest BCUT2D eigenvalue weighted by Gasteiger charge is -2.14. The number of nitrogens with zero attached hydrogens (tertiary/aromatic N) is 3. The van der Waals surface area contributed by atoms with Crippen LogP contribution in [-0.2, 0) is 11.3 Å². The van der Waals surface area contributed by atoms with E-state index in [-0.39, 0.29) is 23.3 Å². The zero-order chi connectivity index (χ0) is 17.1. The molecule has 0 aromatic carbocycles. The van der Waals surface area contributed by atoms with E-state index in [1.165, 1.54) is 29.2 Å². The van der Waals surface area contributed by atoms with Gasteiger partial charge in [-0.2, -0.15) is 0 Å². The van der Waals surface area contributed by atoms with E-state index in [0.29, 0.717) is 28.7 Å². The first-order chi connectivity index (χ1) is 11.6. The van der Waals surface area contributed by atoms with Gasteiger partial charge in [0.1, 0.15) is 0 Å². The third-order valence-electron chi connectivity index (χ3n) is 4.06. The highest BCUT2D eigenvalue weighted by atomic mass is 32.2. The van der Waals surface area contributed by atoms with Crippen LogP contribution in [0.15, 0.2) is 40.9 Å². The number of allylic oxidation sites excluding steroid dienone is 1. The lowest BCUT2D eigenvalue weighted by molar-refractivity contribution is -0.119. The monoisotopic (exact) mass is 344 g/mol. The number of amides is 1. The molecule has 0 spiro atoms. The smallest absolute Gasteiger partial charge is 0.263 e. The van der Waals surface area contributed by atoms with Crippen molar-refractivity contribution in [2.75, 3.05) is 5.75 Å². The summed E-state index contributed by atoms with van der Waals surface area (Å²) in [5, 5.41) is 3.96. The minimum absolute atomic E-state index is 0.0417. The summed E-state index contributed by atoms with van der Waals surface area (Å²) < 4.78 is 1.53. The van der Waals surface area contributed by atoms with Crippen molar-refractivity contribution in [1.82, 2.24) is 19.9 Å². The molecule has 0 bridgehead atoms. The van der Waals surface area contributed by atoms with Gasteiger partial charge in [-0.1, -0.05) is 17.8 Å². The van der Waals surface area contributed by atoms with Gasteiger partial charge in [0.2, 0.25) is 5.91 Å². The summed E-state index contributed by atoms with van der Waals surface area (Å²) in [7, 11) is 0. The molecule has 0 unspecified atom stereocenters. The van der Waals surface area contributed by atoms with Gasteiger partial charge in [-0.3, -0.25) is 14.2 Å². The third kappa shape index (κ3) is 3.67. The van der Waals surface area contributed by atoms with Gasteiger partial charge in [0.25, 0.3) is 5.56 Å². The van der Waals surface area contributed by atoms with Crippen molar-refractivity contribution in [3.63, 3.8) is 0 Å². The Morgan fingerprint density at radius 2 is 2.38 bits per heavy atom. The molecule has 1 aliphatic rings. The molecular formula is C17H20N4O2S. The maximum Gasteiger partial charge on any atom is 0.263 e. The molecule has 2 aromatic heterocycles. The highest BCUT2D eigenvalue weighted by Gasteiger charge is 2.28. The van der Waals surface area contributed by atoms with Crippen LogP contribution in [0.2, 0.25) is 0 Å². The first-order valence-corrected chi connectivity index (χ1v) is 8.97. The van der Waals surface area contributed by atoms with Gasteiger partial charge >= 0.3 is 0 Å². The molecule has 2 heterocycles. The highest BCUT2D eigenvalue weighted by Crippen LogP contribution is 2.32. The fraction of sp³-hybridized carbons (Fsp3) is 0.412. The molecule has 1 atom stereocenters. The molecule has 3 rings (SSSR count). The first kappa shape index (κ1) is 16.7. The summed E-state index contributed by atoms with van der Waals surface area (Å²) in [5.41, 5.74) is 0.235. The van der Waals surface area contributed by atoms with E-state index in [1.807, 2.05) is 6.92 Å². The summed E-state index contributed by atoms with van der Waals surface area (Å²) in [4.78, 5) is 33.3. The number of hydrogen-bond donors (Lipinski definition) is 1. The number of fused-ring (bicyclic) bond motifs is 1. The SMILES string of the molecule is C=CCn1c(SCC(=O)N[C@H](C)C2CC2)nc2ncccc2c1=O. The van der Waals surface area contributed by atoms with Crippen molar-refractivity contribution in [2.24, 2.45) is 5.92 Å². The normalized spacial score (nSPS) is 15.2. The van der Waals surface area contributed by atoms with Gasteiger partial charge in [-0.25, -0.2) is 9.97 Å². The fourth-order valence-corrected chi connectivity index (χ4v) is 3.38. The molecule has 1 fully saturated rings. The molecule has 0 radical (unpaired) electrons. The minimum atomic E-state index is -0.165. The minimum Gasteiger partial charge on any atom is -0.353 e. The molecule has 2 aromatic rings. The molecule has 1 saturated carbocycles. The van der Waals surface area contributed by atoms with Gasteiger partial charge in [0.05, 0.1) is 11.1 Å². The number of carbonyl (C=O) groups excluding carboxylic acids is 1. The Bertz CT molecular complexity index is 829. The Morgan fingerprint density at radius 1 is 1.58 bits per heavy atom. The van der Waals surface area contributed by atoms with Crippen molar-refractivity contribution in [2.45, 2.75) is 37.5 Å². The molecule has 6 nitrogen and oxygen atoms in total. The molecule has 0 saturated heterocycles. The number of aromatic nitrogens is 3. The topological polar surface area (TPSA) is 76.9 Å². The van der Waals surface area contributed by atoms with Crippen molar-refractivity contribution in [1.29, 1.82) is 0 Å². The number of pyridine rings is 1. The third-order valence-corrected chi connectivity index (χ3v) is 5.03. The number of carbonyl (C=O) groups is 1. The number of thioether (sulfide) groups is 1. The molecule has 1 amide bonds. The van der Waals surface area contributed by atoms with Crippen LogP contribution in [0.3, 0.4) is 0 Å². The van der Waals surface area contributed by atoms with Gasteiger partial charge in [0.15, 0.2) is 10.8 Å². The van der Waals surface area contributed by atoms with E-state index in [1.54, 1.807) is 24.4 Å². The summed E-state index contributed by atoms with van der Waals surface area (Å²) in [6.07, 6.45) is 5.62. The lowest BCUT2D eigenvalue weighted by Crippen LogP contribution is -2.35. The van der Waals surface area contributed by atoms with E-state index in [9.17, 15) is 9.59 Å². The maximum absolute atomic E-state index is 12.6. The summed E-state index contributed by atoms with van der Waals surface area (Å²) in [5.74, 6) is 0.791. The van der Waals surface area contributed by atoms with Crippen molar-refractivity contribution in [3.8, 4) is 0 Å². The molecule has 0 aliphatic heterocycles. The summed E-state index contributed by atoms with van der Waals surface area (Å²) in [6.45, 7) is 6.07. The molecule has 1 aliphatic carbocycles. The summed E-state index contributed by atoms with van der Waals surface area (Å²) in [6, 6.07) is 3.62. The maximum atomic E-state index is 12.6. The van der Waals surface area contributed by atoms with Gasteiger partial charge in [0, 0.05) is 18.8 Å². The molecule has 24 heavy (non-hydrogen) atoms. The van der Waals surface area contributed by atoms with Crippen LogP contribution in [0.25, 0.3) is 11.0 Å². The van der Waals surface area contributed by atoms with Crippen LogP contribution in [0.5, 0.6) is 0 Å². The average Bonchev–Trinajstić information content (AvgIpc) is 3.41. The van der Waals surface area contributed by atoms with Crippen molar-refractivity contribution < 1.29 is 4.79 Å². The van der Waals surface area contributed by atoms with Crippen LogP contribution in [0.1, 0.15) is 19.8 Å². The summed E-state index contributed by atoms with van der Waals surface area (Å²) >= 11 is 1.25. The average molecular weight is 344 g/mol. The first-order valence-electron chi connectivity index (χ1n) is 7.98. The van der Waals surface area contributed by atoms with Crippen LogP contribution in [-0.4, -0.2) is 32.2 Å². The quantitative estimate of drug-likeness (QED) is 0.472. The number of hydrogen-bond acceptors (Lipinski definition) is 5. The second kappa shape index (κ2) is 7.17. The standard InChI is InChI=1S/C17H20N4O2S/c1-3-9-21-16(23)13-5-4-8-18-15(13)20-17(21)24-10-14(22)19-11(2)12-6-7-12/h3-5,8,11-12H,1,6-7,9-10H2,2H3,(H,19,22)/t11-/m1/s1. The van der Waals surface area contributed by atoms with Crippen molar-refractivity contribution in [3.05, 3.63) is 41.3 Å². The molecule has 126 valence electrons. The Kier molecular flexibility index (Phi) is 4.99. The Morgan fingerprint density at radius 3 is 3.08 bits per heavy atom. The highest BCUT2D eigenvalue weighted by molar-refractivity contribution is 7.99. The van der Waals surface area contributed by atoms with Gasteiger partial charge < -0.3 is 5.32 Å². The largest absolute Gasteiger partial charge is 0.353 e. The zero-order valence-electron chi connectivity index (χ0n) is 13.6. The Hall–Kier alpha value is -2.15. The van der Waals surface area contributed by atoms with Crippen LogP contribution in [0, 0.1) is 5.92 Å². The van der Waals surface area contributed by atoms with Crippen LogP contribution in [0.4, 0.5) is 0 Å². The number of rotatable bonds is 7. The van der Waals surface area contributed by atoms with Crippen LogP contribution < -0.4 is 10.9 Å². The van der Waals surface area contributed by atoms with Gasteiger partial charge in [-0.05, 0) is 37.8 Å². The number of nitrogens with one attached hydrogen (secondary N) is 1. The van der Waals surface area contributed by atoms with E-state index in [4.69, 9.17) is 0 Å². The fourth-order valence-electron chi connectivity index (χ4n) is 2.58.